The average Bonchev–Trinajstić information content (AvgIpc) is 2.93. The molecular formula is C16H24N4O. The highest BCUT2D eigenvalue weighted by molar-refractivity contribution is 5.29. The molecule has 2 aromatic heterocycles. The van der Waals surface area contributed by atoms with Crippen molar-refractivity contribution < 1.29 is 4.74 Å². The van der Waals surface area contributed by atoms with Crippen LogP contribution in [0.5, 0.6) is 5.75 Å². The predicted octanol–water partition coefficient (Wildman–Crippen LogP) is 2.86. The molecule has 0 fully saturated rings. The van der Waals surface area contributed by atoms with E-state index in [0.29, 0.717) is 19.2 Å². The molecule has 0 amide bonds. The van der Waals surface area contributed by atoms with Gasteiger partial charge in [0, 0.05) is 24.5 Å². The summed E-state index contributed by atoms with van der Waals surface area (Å²) in [7, 11) is 0. The number of aryl methyl sites for hydroxylation is 1. The first-order valence-corrected chi connectivity index (χ1v) is 7.44. The van der Waals surface area contributed by atoms with Gasteiger partial charge in [-0.25, -0.2) is 0 Å². The largest absolute Gasteiger partial charge is 0.485 e. The van der Waals surface area contributed by atoms with Crippen molar-refractivity contribution in [3.63, 3.8) is 0 Å². The predicted molar refractivity (Wildman–Crippen MR) is 83.3 cm³/mol. The molecule has 0 aliphatic heterocycles. The maximum Gasteiger partial charge on any atom is 0.142 e. The van der Waals surface area contributed by atoms with Gasteiger partial charge in [-0.05, 0) is 45.5 Å². The van der Waals surface area contributed by atoms with Crippen molar-refractivity contribution in [2.24, 2.45) is 0 Å². The van der Waals surface area contributed by atoms with Gasteiger partial charge in [0.1, 0.15) is 12.4 Å². The molecular weight excluding hydrogens is 264 g/mol. The number of pyridine rings is 1. The molecule has 2 heterocycles. The molecule has 1 N–H and O–H groups in total. The highest BCUT2D eigenvalue weighted by Gasteiger charge is 2.08. The van der Waals surface area contributed by atoms with Crippen LogP contribution in [0.2, 0.25) is 0 Å². The molecule has 0 atom stereocenters. The van der Waals surface area contributed by atoms with Crippen molar-refractivity contribution in [2.75, 3.05) is 6.54 Å². The van der Waals surface area contributed by atoms with Crippen LogP contribution < -0.4 is 10.1 Å². The molecule has 5 heteroatoms. The van der Waals surface area contributed by atoms with Gasteiger partial charge < -0.3 is 10.1 Å². The van der Waals surface area contributed by atoms with Crippen LogP contribution >= 0.6 is 0 Å². The zero-order valence-corrected chi connectivity index (χ0v) is 13.3. The maximum atomic E-state index is 5.89. The Hall–Kier alpha value is -1.88. The number of nitrogens with one attached hydrogen (secondary N) is 1. The highest BCUT2D eigenvalue weighted by Crippen LogP contribution is 2.18. The zero-order chi connectivity index (χ0) is 15.2. The average molecular weight is 288 g/mol. The van der Waals surface area contributed by atoms with E-state index in [1.54, 1.807) is 0 Å². The molecule has 21 heavy (non-hydrogen) atoms. The third-order valence-corrected chi connectivity index (χ3v) is 3.18. The Bertz CT molecular complexity index is 577. The number of rotatable bonds is 7. The monoisotopic (exact) mass is 288 g/mol. The molecule has 0 unspecified atom stereocenters. The molecule has 0 aliphatic rings. The molecule has 0 radical (unpaired) electrons. The lowest BCUT2D eigenvalue weighted by atomic mass is 10.3. The van der Waals surface area contributed by atoms with Crippen LogP contribution in [0, 0.1) is 6.92 Å². The summed E-state index contributed by atoms with van der Waals surface area (Å²) in [5.41, 5.74) is 2.87. The van der Waals surface area contributed by atoms with Crippen molar-refractivity contribution in [1.82, 2.24) is 20.1 Å². The fourth-order valence-corrected chi connectivity index (χ4v) is 1.99. The lowest BCUT2D eigenvalue weighted by Gasteiger charge is -2.11. The molecule has 0 saturated heterocycles. The molecule has 0 saturated carbocycles. The second-order valence-corrected chi connectivity index (χ2v) is 5.35. The van der Waals surface area contributed by atoms with Crippen LogP contribution in [0.1, 0.15) is 43.9 Å². The van der Waals surface area contributed by atoms with Crippen molar-refractivity contribution in [3.05, 3.63) is 41.5 Å². The Labute approximate surface area is 126 Å². The van der Waals surface area contributed by atoms with E-state index in [4.69, 9.17) is 4.74 Å². The third-order valence-electron chi connectivity index (χ3n) is 3.18. The number of aromatic nitrogens is 3. The summed E-state index contributed by atoms with van der Waals surface area (Å²) in [6.45, 7) is 10.4. The minimum atomic E-state index is 0.365. The molecule has 0 spiro atoms. The summed E-state index contributed by atoms with van der Waals surface area (Å²) in [4.78, 5) is 4.54. The van der Waals surface area contributed by atoms with Crippen molar-refractivity contribution >= 4 is 0 Å². The Morgan fingerprint density at radius 1 is 1.29 bits per heavy atom. The SMILES string of the molecule is CCNCc1nc(C)ccc1OCc1ccn(C(C)C)n1. The summed E-state index contributed by atoms with van der Waals surface area (Å²) in [5.74, 6) is 0.820. The van der Waals surface area contributed by atoms with Crippen molar-refractivity contribution in [3.8, 4) is 5.75 Å². The van der Waals surface area contributed by atoms with Gasteiger partial charge in [-0.15, -0.1) is 0 Å². The van der Waals surface area contributed by atoms with Crippen LogP contribution in [0.3, 0.4) is 0 Å². The lowest BCUT2D eigenvalue weighted by molar-refractivity contribution is 0.293. The van der Waals surface area contributed by atoms with Gasteiger partial charge >= 0.3 is 0 Å². The van der Waals surface area contributed by atoms with Crippen LogP contribution in [-0.4, -0.2) is 21.3 Å². The number of hydrogen-bond donors (Lipinski definition) is 1. The van der Waals surface area contributed by atoms with Gasteiger partial charge in [0.2, 0.25) is 0 Å². The first kappa shape index (κ1) is 15.5. The van der Waals surface area contributed by atoms with E-state index in [-0.39, 0.29) is 0 Å². The van der Waals surface area contributed by atoms with Gasteiger partial charge in [0.05, 0.1) is 11.4 Å². The normalized spacial score (nSPS) is 11.1. The van der Waals surface area contributed by atoms with E-state index < -0.39 is 0 Å². The van der Waals surface area contributed by atoms with Gasteiger partial charge in [-0.2, -0.15) is 5.10 Å². The summed E-state index contributed by atoms with van der Waals surface area (Å²) >= 11 is 0. The molecule has 2 rings (SSSR count). The standard InChI is InChI=1S/C16H24N4O/c1-5-17-10-15-16(7-6-13(4)18-15)21-11-14-8-9-20(19-14)12(2)3/h6-9,12,17H,5,10-11H2,1-4H3. The van der Waals surface area contributed by atoms with Crippen LogP contribution in [0.4, 0.5) is 0 Å². The maximum absolute atomic E-state index is 5.89. The van der Waals surface area contributed by atoms with E-state index in [2.05, 4.69) is 36.2 Å². The Balaban J connectivity index is 2.04. The van der Waals surface area contributed by atoms with Crippen LogP contribution in [0.15, 0.2) is 24.4 Å². The summed E-state index contributed by atoms with van der Waals surface area (Å²) < 4.78 is 7.83. The quantitative estimate of drug-likeness (QED) is 0.851. The van der Waals surface area contributed by atoms with Gasteiger partial charge in [0.25, 0.3) is 0 Å². The van der Waals surface area contributed by atoms with Gasteiger partial charge in [-0.1, -0.05) is 6.92 Å². The summed E-state index contributed by atoms with van der Waals surface area (Å²) in [6.07, 6.45) is 1.98. The summed E-state index contributed by atoms with van der Waals surface area (Å²) in [6, 6.07) is 6.31. The molecule has 0 aliphatic carbocycles. The van der Waals surface area contributed by atoms with Crippen LogP contribution in [0.25, 0.3) is 0 Å². The fraction of sp³-hybridized carbons (Fsp3) is 0.500. The lowest BCUT2D eigenvalue weighted by Crippen LogP contribution is -2.14. The first-order chi connectivity index (χ1) is 10.1. The molecule has 2 aromatic rings. The van der Waals surface area contributed by atoms with Crippen molar-refractivity contribution in [2.45, 2.75) is 46.9 Å². The molecule has 114 valence electrons. The van der Waals surface area contributed by atoms with E-state index in [1.807, 2.05) is 36.0 Å². The minimum Gasteiger partial charge on any atom is -0.485 e. The molecule has 5 nitrogen and oxygen atoms in total. The van der Waals surface area contributed by atoms with E-state index in [1.165, 1.54) is 0 Å². The van der Waals surface area contributed by atoms with Crippen LogP contribution in [-0.2, 0) is 13.2 Å². The fourth-order valence-electron chi connectivity index (χ4n) is 1.99. The third kappa shape index (κ3) is 4.29. The number of hydrogen-bond acceptors (Lipinski definition) is 4. The second-order valence-electron chi connectivity index (χ2n) is 5.35. The highest BCUT2D eigenvalue weighted by atomic mass is 16.5. The summed E-state index contributed by atoms with van der Waals surface area (Å²) in [5, 5.41) is 7.78. The minimum absolute atomic E-state index is 0.365. The Morgan fingerprint density at radius 2 is 2.10 bits per heavy atom. The Kier molecular flexibility index (Phi) is 5.33. The van der Waals surface area contributed by atoms with E-state index in [9.17, 15) is 0 Å². The molecule has 0 bridgehead atoms. The van der Waals surface area contributed by atoms with Gasteiger partial charge in [0.15, 0.2) is 0 Å². The molecule has 0 aromatic carbocycles. The zero-order valence-electron chi connectivity index (χ0n) is 13.3. The number of ether oxygens (including phenoxy) is 1. The van der Waals surface area contributed by atoms with E-state index >= 15 is 0 Å². The van der Waals surface area contributed by atoms with E-state index in [0.717, 1.165) is 29.4 Å². The first-order valence-electron chi connectivity index (χ1n) is 7.44. The van der Waals surface area contributed by atoms with Crippen molar-refractivity contribution in [1.29, 1.82) is 0 Å². The number of nitrogens with zero attached hydrogens (tertiary/aromatic N) is 3. The van der Waals surface area contributed by atoms with Gasteiger partial charge in [-0.3, -0.25) is 9.67 Å². The Morgan fingerprint density at radius 3 is 2.76 bits per heavy atom. The second kappa shape index (κ2) is 7.22. The topological polar surface area (TPSA) is 52.0 Å². The smallest absolute Gasteiger partial charge is 0.142 e.